The zero-order valence-corrected chi connectivity index (χ0v) is 16.3. The van der Waals surface area contributed by atoms with Gasteiger partial charge in [0, 0.05) is 26.2 Å². The van der Waals surface area contributed by atoms with Gasteiger partial charge in [0.1, 0.15) is 5.69 Å². The zero-order chi connectivity index (χ0) is 19.6. The standard InChI is InChI=1S/C16H25ClN4O2.CH2O2/c1-9-14(17)15(20(4)18-9)16(23)21-7-10-5-12(19(2)3)13(22)6-11(10)8-21;2-1-3/h10-13,22H,5-8H2,1-4H3;1H,(H,2,3)/t10-,11+,12-,13-;/m1./s1. The first-order valence-electron chi connectivity index (χ1n) is 8.61. The molecule has 2 aliphatic rings. The van der Waals surface area contributed by atoms with E-state index in [1.807, 2.05) is 19.0 Å². The number of likely N-dealkylation sites (N-methyl/N-ethyl adjacent to an activating group) is 1. The first kappa shape index (κ1) is 20.7. The van der Waals surface area contributed by atoms with E-state index in [0.717, 1.165) is 19.4 Å². The molecule has 3 rings (SSSR count). The van der Waals surface area contributed by atoms with Crippen molar-refractivity contribution in [1.29, 1.82) is 0 Å². The summed E-state index contributed by atoms with van der Waals surface area (Å²) in [7, 11) is 5.76. The van der Waals surface area contributed by atoms with Gasteiger partial charge in [0.15, 0.2) is 0 Å². The molecule has 26 heavy (non-hydrogen) atoms. The van der Waals surface area contributed by atoms with E-state index in [2.05, 4.69) is 10.00 Å². The van der Waals surface area contributed by atoms with Gasteiger partial charge in [-0.1, -0.05) is 11.6 Å². The van der Waals surface area contributed by atoms with Crippen LogP contribution in [0.4, 0.5) is 0 Å². The normalized spacial score (nSPS) is 27.7. The highest BCUT2D eigenvalue weighted by Gasteiger charge is 2.44. The second-order valence-electron chi connectivity index (χ2n) is 7.28. The van der Waals surface area contributed by atoms with Crippen molar-refractivity contribution in [2.24, 2.45) is 18.9 Å². The minimum atomic E-state index is -0.316. The minimum Gasteiger partial charge on any atom is -0.483 e. The number of carbonyl (C=O) groups is 2. The number of carboxylic acid groups (broad SMARTS) is 1. The van der Waals surface area contributed by atoms with Crippen molar-refractivity contribution in [3.63, 3.8) is 0 Å². The number of likely N-dealkylation sites (tertiary alicyclic amines) is 1. The molecular weight excluding hydrogens is 360 g/mol. The van der Waals surface area contributed by atoms with Gasteiger partial charge in [0.05, 0.1) is 16.8 Å². The summed E-state index contributed by atoms with van der Waals surface area (Å²) in [6.07, 6.45) is 1.37. The lowest BCUT2D eigenvalue weighted by Gasteiger charge is -2.38. The lowest BCUT2D eigenvalue weighted by atomic mass is 9.77. The molecule has 2 heterocycles. The fourth-order valence-corrected chi connectivity index (χ4v) is 4.38. The van der Waals surface area contributed by atoms with Crippen molar-refractivity contribution in [3.8, 4) is 0 Å². The second-order valence-corrected chi connectivity index (χ2v) is 7.65. The molecule has 0 bridgehead atoms. The number of aliphatic hydroxyl groups excluding tert-OH is 1. The molecule has 1 saturated heterocycles. The number of carbonyl (C=O) groups excluding carboxylic acids is 1. The number of hydrogen-bond donors (Lipinski definition) is 2. The Labute approximate surface area is 158 Å². The molecule has 146 valence electrons. The fourth-order valence-electron chi connectivity index (χ4n) is 4.14. The lowest BCUT2D eigenvalue weighted by Crippen LogP contribution is -2.46. The molecule has 1 aliphatic carbocycles. The summed E-state index contributed by atoms with van der Waals surface area (Å²) in [5.41, 5.74) is 1.14. The smallest absolute Gasteiger partial charge is 0.290 e. The number of amides is 1. The Bertz CT molecular complexity index is 663. The lowest BCUT2D eigenvalue weighted by molar-refractivity contribution is -0.122. The van der Waals surface area contributed by atoms with Gasteiger partial charge in [0.2, 0.25) is 0 Å². The highest BCUT2D eigenvalue weighted by Crippen LogP contribution is 2.38. The molecule has 0 radical (unpaired) electrons. The SMILES string of the molecule is Cc1nn(C)c(C(=O)N2C[C@H]3C[C@@H](N(C)C)[C@H](O)C[C@H]3C2)c1Cl.O=CO. The number of halogens is 1. The summed E-state index contributed by atoms with van der Waals surface area (Å²) in [4.78, 5) is 25.2. The second kappa shape index (κ2) is 8.37. The summed E-state index contributed by atoms with van der Waals surface area (Å²) in [6.45, 7) is 2.99. The summed E-state index contributed by atoms with van der Waals surface area (Å²) in [5, 5.41) is 21.9. The van der Waals surface area contributed by atoms with Gasteiger partial charge in [-0.2, -0.15) is 5.10 Å². The van der Waals surface area contributed by atoms with Crippen molar-refractivity contribution >= 4 is 24.0 Å². The summed E-state index contributed by atoms with van der Waals surface area (Å²) in [5.74, 6) is 0.768. The Morgan fingerprint density at radius 2 is 1.85 bits per heavy atom. The van der Waals surface area contributed by atoms with Crippen LogP contribution in [-0.2, 0) is 11.8 Å². The summed E-state index contributed by atoms with van der Waals surface area (Å²) >= 11 is 6.25. The molecule has 1 saturated carbocycles. The van der Waals surface area contributed by atoms with Crippen LogP contribution in [0.2, 0.25) is 5.02 Å². The molecule has 2 N–H and O–H groups in total. The quantitative estimate of drug-likeness (QED) is 0.731. The predicted octanol–water partition coefficient (Wildman–Crippen LogP) is 0.856. The molecule has 2 fully saturated rings. The third-order valence-electron chi connectivity index (χ3n) is 5.41. The van der Waals surface area contributed by atoms with Crippen LogP contribution in [0.25, 0.3) is 0 Å². The first-order chi connectivity index (χ1) is 12.2. The molecule has 0 aromatic carbocycles. The zero-order valence-electron chi connectivity index (χ0n) is 15.6. The Morgan fingerprint density at radius 1 is 1.31 bits per heavy atom. The third-order valence-corrected chi connectivity index (χ3v) is 5.86. The largest absolute Gasteiger partial charge is 0.483 e. The molecule has 9 heteroatoms. The van der Waals surface area contributed by atoms with E-state index in [1.54, 1.807) is 18.7 Å². The van der Waals surface area contributed by atoms with Crippen LogP contribution in [0.5, 0.6) is 0 Å². The molecule has 0 spiro atoms. The maximum atomic E-state index is 12.8. The predicted molar refractivity (Wildman–Crippen MR) is 97.2 cm³/mol. The highest BCUT2D eigenvalue weighted by molar-refractivity contribution is 6.34. The molecular formula is C17H27ClN4O4. The number of aryl methyl sites for hydroxylation is 2. The Morgan fingerprint density at radius 3 is 2.31 bits per heavy atom. The van der Waals surface area contributed by atoms with Gasteiger partial charge in [-0.05, 0) is 45.7 Å². The van der Waals surface area contributed by atoms with E-state index in [4.69, 9.17) is 21.5 Å². The van der Waals surface area contributed by atoms with E-state index in [9.17, 15) is 9.90 Å². The summed E-state index contributed by atoms with van der Waals surface area (Å²) < 4.78 is 1.57. The Kier molecular flexibility index (Phi) is 6.65. The molecule has 1 aromatic rings. The topological polar surface area (TPSA) is 98.9 Å². The van der Waals surface area contributed by atoms with Gasteiger partial charge in [0.25, 0.3) is 12.4 Å². The number of nitrogens with zero attached hydrogens (tertiary/aromatic N) is 4. The van der Waals surface area contributed by atoms with E-state index in [1.165, 1.54) is 0 Å². The van der Waals surface area contributed by atoms with E-state index < -0.39 is 0 Å². The Balaban J connectivity index is 0.000000758. The number of aliphatic hydroxyl groups is 1. The Hall–Kier alpha value is -1.64. The highest BCUT2D eigenvalue weighted by atomic mass is 35.5. The molecule has 1 aromatic heterocycles. The van der Waals surface area contributed by atoms with Gasteiger partial charge in [-0.25, -0.2) is 0 Å². The number of fused-ring (bicyclic) bond motifs is 1. The van der Waals surface area contributed by atoms with Crippen LogP contribution in [0, 0.1) is 18.8 Å². The van der Waals surface area contributed by atoms with Gasteiger partial charge < -0.3 is 20.0 Å². The van der Waals surface area contributed by atoms with Crippen molar-refractivity contribution in [1.82, 2.24) is 19.6 Å². The number of hydrogen-bond acceptors (Lipinski definition) is 5. The average Bonchev–Trinajstić information content (AvgIpc) is 3.07. The maximum Gasteiger partial charge on any atom is 0.290 e. The van der Waals surface area contributed by atoms with Gasteiger partial charge in [-0.3, -0.25) is 14.3 Å². The number of rotatable bonds is 2. The molecule has 1 aliphatic heterocycles. The van der Waals surface area contributed by atoms with Gasteiger partial charge in [-0.15, -0.1) is 0 Å². The van der Waals surface area contributed by atoms with Crippen LogP contribution in [0.3, 0.4) is 0 Å². The maximum absolute atomic E-state index is 12.8. The molecule has 1 amide bonds. The van der Waals surface area contributed by atoms with Crippen molar-refractivity contribution in [3.05, 3.63) is 16.4 Å². The molecule has 8 nitrogen and oxygen atoms in total. The monoisotopic (exact) mass is 386 g/mol. The van der Waals surface area contributed by atoms with Crippen LogP contribution in [0.15, 0.2) is 0 Å². The van der Waals surface area contributed by atoms with E-state index >= 15 is 0 Å². The van der Waals surface area contributed by atoms with Crippen molar-refractivity contribution < 1.29 is 19.8 Å². The molecule has 0 unspecified atom stereocenters. The minimum absolute atomic E-state index is 0.0524. The molecule has 4 atom stereocenters. The van der Waals surface area contributed by atoms with Crippen molar-refractivity contribution in [2.45, 2.75) is 31.9 Å². The van der Waals surface area contributed by atoms with Crippen LogP contribution in [-0.4, -0.2) is 81.5 Å². The number of aromatic nitrogens is 2. The van der Waals surface area contributed by atoms with E-state index in [0.29, 0.717) is 34.8 Å². The average molecular weight is 387 g/mol. The third kappa shape index (κ3) is 4.02. The fraction of sp³-hybridized carbons (Fsp3) is 0.706. The first-order valence-corrected chi connectivity index (χ1v) is 8.99. The summed E-state index contributed by atoms with van der Waals surface area (Å²) in [6, 6.07) is 0.175. The van der Waals surface area contributed by atoms with Crippen LogP contribution < -0.4 is 0 Å². The van der Waals surface area contributed by atoms with Crippen molar-refractivity contribution in [2.75, 3.05) is 27.2 Å². The van der Waals surface area contributed by atoms with Crippen LogP contribution in [0.1, 0.15) is 29.0 Å². The van der Waals surface area contributed by atoms with Crippen LogP contribution >= 0.6 is 11.6 Å². The van der Waals surface area contributed by atoms with Gasteiger partial charge >= 0.3 is 0 Å². The van der Waals surface area contributed by atoms with E-state index in [-0.39, 0.29) is 24.5 Å².